The Labute approximate surface area is 84.0 Å². The Bertz CT molecular complexity index is 383. The maximum absolute atomic E-state index is 12.1. The monoisotopic (exact) mass is 239 g/mol. The maximum Gasteiger partial charge on any atom is 0.416 e. The molecule has 0 spiro atoms. The molecule has 8 heteroatoms. The molecule has 84 valence electrons. The van der Waals surface area contributed by atoms with Gasteiger partial charge in [-0.3, -0.25) is 15.6 Å². The third-order valence-electron chi connectivity index (χ3n) is 1.52. The summed E-state index contributed by atoms with van der Waals surface area (Å²) in [6.45, 7) is 0. The normalized spacial score (nSPS) is 12.6. The molecule has 1 aromatic rings. The fourth-order valence-electron chi connectivity index (χ4n) is 0.936. The van der Waals surface area contributed by atoms with Crippen LogP contribution in [0.4, 0.5) is 18.9 Å². The SMILES string of the molecule is NP(N)(=O)Nc1ccc(C(F)(F)F)cc1. The molecule has 0 aliphatic heterocycles. The van der Waals surface area contributed by atoms with Crippen LogP contribution in [-0.4, -0.2) is 0 Å². The lowest BCUT2D eigenvalue weighted by molar-refractivity contribution is -0.137. The molecule has 0 unspecified atom stereocenters. The topological polar surface area (TPSA) is 81.1 Å². The molecule has 0 heterocycles. The van der Waals surface area contributed by atoms with E-state index in [1.54, 1.807) is 0 Å². The minimum Gasteiger partial charge on any atom is -0.313 e. The second kappa shape index (κ2) is 3.84. The van der Waals surface area contributed by atoms with Crippen LogP contribution in [0, 0.1) is 0 Å². The van der Waals surface area contributed by atoms with E-state index in [2.05, 4.69) is 5.09 Å². The summed E-state index contributed by atoms with van der Waals surface area (Å²) in [5.74, 6) is 0. The van der Waals surface area contributed by atoms with Gasteiger partial charge in [0.15, 0.2) is 0 Å². The molecule has 4 nitrogen and oxygen atoms in total. The minimum absolute atomic E-state index is 0.177. The zero-order valence-corrected chi connectivity index (χ0v) is 8.35. The van der Waals surface area contributed by atoms with Crippen LogP contribution in [-0.2, 0) is 10.7 Å². The molecular formula is C7H9F3N3OP. The van der Waals surface area contributed by atoms with Crippen molar-refractivity contribution in [3.8, 4) is 0 Å². The highest BCUT2D eigenvalue weighted by Crippen LogP contribution is 2.32. The molecule has 15 heavy (non-hydrogen) atoms. The highest BCUT2D eigenvalue weighted by molar-refractivity contribution is 7.60. The van der Waals surface area contributed by atoms with E-state index in [-0.39, 0.29) is 5.69 Å². The van der Waals surface area contributed by atoms with Gasteiger partial charge in [-0.15, -0.1) is 0 Å². The van der Waals surface area contributed by atoms with Crippen molar-refractivity contribution in [1.29, 1.82) is 0 Å². The lowest BCUT2D eigenvalue weighted by atomic mass is 10.2. The average Bonchev–Trinajstić information content (AvgIpc) is 2.00. The summed E-state index contributed by atoms with van der Waals surface area (Å²) >= 11 is 0. The zero-order chi connectivity index (χ0) is 11.7. The summed E-state index contributed by atoms with van der Waals surface area (Å²) in [6.07, 6.45) is -4.40. The number of anilines is 1. The average molecular weight is 239 g/mol. The molecule has 0 radical (unpaired) electrons. The summed E-state index contributed by atoms with van der Waals surface area (Å²) in [4.78, 5) is 0. The van der Waals surface area contributed by atoms with Crippen LogP contribution in [0.2, 0.25) is 0 Å². The smallest absolute Gasteiger partial charge is 0.313 e. The largest absolute Gasteiger partial charge is 0.416 e. The predicted octanol–water partition coefficient (Wildman–Crippen LogP) is 2.14. The Morgan fingerprint density at radius 2 is 1.60 bits per heavy atom. The predicted molar refractivity (Wildman–Crippen MR) is 51.0 cm³/mol. The second-order valence-electron chi connectivity index (χ2n) is 2.90. The molecule has 5 N–H and O–H groups in total. The number of nitrogens with two attached hydrogens (primary N) is 2. The Hall–Kier alpha value is -1.04. The van der Waals surface area contributed by atoms with Crippen molar-refractivity contribution in [2.24, 2.45) is 11.0 Å². The van der Waals surface area contributed by atoms with E-state index in [1.165, 1.54) is 0 Å². The molecule has 0 aliphatic rings. The number of rotatable bonds is 2. The van der Waals surface area contributed by atoms with Gasteiger partial charge in [0, 0.05) is 5.69 Å². The Balaban J connectivity index is 2.87. The quantitative estimate of drug-likeness (QED) is 0.690. The summed E-state index contributed by atoms with van der Waals surface area (Å²) in [5.41, 5.74) is 9.37. The van der Waals surface area contributed by atoms with Crippen LogP contribution in [0.5, 0.6) is 0 Å². The zero-order valence-electron chi connectivity index (χ0n) is 7.45. The minimum atomic E-state index is -4.40. The summed E-state index contributed by atoms with van der Waals surface area (Å²) in [5, 5.41) is 2.20. The van der Waals surface area contributed by atoms with Crippen LogP contribution in [0.15, 0.2) is 24.3 Å². The van der Waals surface area contributed by atoms with Crippen molar-refractivity contribution in [3.63, 3.8) is 0 Å². The fraction of sp³-hybridized carbons (Fsp3) is 0.143. The first-order valence-corrected chi connectivity index (χ1v) is 5.66. The van der Waals surface area contributed by atoms with Crippen LogP contribution in [0.1, 0.15) is 5.56 Å². The van der Waals surface area contributed by atoms with E-state index < -0.39 is 19.3 Å². The van der Waals surface area contributed by atoms with Crippen molar-refractivity contribution in [2.75, 3.05) is 5.09 Å². The lowest BCUT2D eigenvalue weighted by Gasteiger charge is -2.11. The molecule has 0 amide bonds. The van der Waals surface area contributed by atoms with Gasteiger partial charge in [-0.1, -0.05) is 0 Å². The number of alkyl halides is 3. The van der Waals surface area contributed by atoms with E-state index in [9.17, 15) is 17.7 Å². The Kier molecular flexibility index (Phi) is 3.08. The molecular weight excluding hydrogens is 230 g/mol. The van der Waals surface area contributed by atoms with Crippen LogP contribution in [0.3, 0.4) is 0 Å². The molecule has 0 saturated carbocycles. The first-order chi connectivity index (χ1) is 6.68. The number of benzene rings is 1. The third kappa shape index (κ3) is 3.91. The molecule has 0 aromatic heterocycles. The fourth-order valence-corrected chi connectivity index (χ4v) is 1.49. The van der Waals surface area contributed by atoms with Gasteiger partial charge in [0.25, 0.3) is 7.59 Å². The van der Waals surface area contributed by atoms with Gasteiger partial charge in [-0.05, 0) is 24.3 Å². The van der Waals surface area contributed by atoms with Crippen molar-refractivity contribution in [3.05, 3.63) is 29.8 Å². The molecule has 0 atom stereocenters. The molecule has 1 rings (SSSR count). The Morgan fingerprint density at radius 3 is 1.93 bits per heavy atom. The number of hydrogen-bond acceptors (Lipinski definition) is 1. The van der Waals surface area contributed by atoms with Crippen molar-refractivity contribution < 1.29 is 17.7 Å². The number of halogens is 3. The van der Waals surface area contributed by atoms with Gasteiger partial charge in [0.2, 0.25) is 0 Å². The summed E-state index contributed by atoms with van der Waals surface area (Å²) in [6, 6.07) is 3.90. The third-order valence-corrected chi connectivity index (χ3v) is 2.12. The number of hydrogen-bond donors (Lipinski definition) is 3. The molecule has 0 bridgehead atoms. The van der Waals surface area contributed by atoms with E-state index in [0.29, 0.717) is 0 Å². The first-order valence-electron chi connectivity index (χ1n) is 3.81. The van der Waals surface area contributed by atoms with Crippen LogP contribution < -0.4 is 16.1 Å². The van der Waals surface area contributed by atoms with Crippen molar-refractivity contribution in [1.82, 2.24) is 0 Å². The first kappa shape index (κ1) is 12.0. The van der Waals surface area contributed by atoms with Gasteiger partial charge in [0.05, 0.1) is 5.56 Å². The van der Waals surface area contributed by atoms with Gasteiger partial charge in [-0.25, -0.2) is 0 Å². The Morgan fingerprint density at radius 1 is 1.13 bits per heavy atom. The van der Waals surface area contributed by atoms with Crippen molar-refractivity contribution in [2.45, 2.75) is 6.18 Å². The van der Waals surface area contributed by atoms with Crippen molar-refractivity contribution >= 4 is 13.3 Å². The summed E-state index contributed by atoms with van der Waals surface area (Å²) in [7, 11) is -3.47. The van der Waals surface area contributed by atoms with E-state index in [0.717, 1.165) is 24.3 Å². The van der Waals surface area contributed by atoms with Crippen LogP contribution in [0.25, 0.3) is 0 Å². The van der Waals surface area contributed by atoms with Crippen LogP contribution >= 0.6 is 7.59 Å². The molecule has 1 aromatic carbocycles. The second-order valence-corrected chi connectivity index (χ2v) is 4.54. The lowest BCUT2D eigenvalue weighted by Crippen LogP contribution is -2.13. The van der Waals surface area contributed by atoms with Gasteiger partial charge in [0.1, 0.15) is 0 Å². The molecule has 0 aliphatic carbocycles. The molecule has 0 saturated heterocycles. The maximum atomic E-state index is 12.1. The molecule has 0 fully saturated rings. The van der Waals surface area contributed by atoms with Gasteiger partial charge in [-0.2, -0.15) is 13.2 Å². The van der Waals surface area contributed by atoms with E-state index in [4.69, 9.17) is 11.0 Å². The summed E-state index contributed by atoms with van der Waals surface area (Å²) < 4.78 is 47.3. The number of nitrogens with one attached hydrogen (secondary N) is 1. The van der Waals surface area contributed by atoms with E-state index in [1.807, 2.05) is 0 Å². The van der Waals surface area contributed by atoms with Gasteiger partial charge >= 0.3 is 6.18 Å². The highest BCUT2D eigenvalue weighted by Gasteiger charge is 2.30. The standard InChI is InChI=1S/C7H9F3N3OP/c8-7(9,10)5-1-3-6(4-2-5)13-15(11,12)14/h1-4H,(H5,11,12,13,14). The van der Waals surface area contributed by atoms with Gasteiger partial charge < -0.3 is 5.09 Å². The highest BCUT2D eigenvalue weighted by atomic mass is 31.2. The van der Waals surface area contributed by atoms with E-state index >= 15 is 0 Å².